The summed E-state index contributed by atoms with van der Waals surface area (Å²) >= 11 is 1.60. The van der Waals surface area contributed by atoms with Crippen molar-refractivity contribution >= 4 is 17.2 Å². The highest BCUT2D eigenvalue weighted by Crippen LogP contribution is 2.15. The van der Waals surface area contributed by atoms with Crippen molar-refractivity contribution in [2.75, 3.05) is 27.3 Å². The van der Waals surface area contributed by atoms with Crippen molar-refractivity contribution in [1.82, 2.24) is 4.90 Å². The van der Waals surface area contributed by atoms with E-state index in [-0.39, 0.29) is 5.91 Å². The van der Waals surface area contributed by atoms with Crippen molar-refractivity contribution in [1.29, 1.82) is 0 Å². The molecule has 0 fully saturated rings. The first-order valence-corrected chi connectivity index (χ1v) is 6.54. The fourth-order valence-electron chi connectivity index (χ4n) is 1.38. The molecule has 1 rings (SSSR count). The zero-order valence-corrected chi connectivity index (χ0v) is 11.5. The fraction of sp³-hybridized carbons (Fsp3) is 0.462. The van der Waals surface area contributed by atoms with Gasteiger partial charge in [-0.2, -0.15) is 0 Å². The van der Waals surface area contributed by atoms with Crippen LogP contribution in [0.15, 0.2) is 11.4 Å². The second-order valence-corrected chi connectivity index (χ2v) is 4.80. The number of carbonyl (C=O) groups excluding carboxylic acids is 1. The number of amides is 1. The van der Waals surface area contributed by atoms with E-state index < -0.39 is 0 Å². The molecule has 4 nitrogen and oxygen atoms in total. The van der Waals surface area contributed by atoms with Gasteiger partial charge in [0.05, 0.1) is 26.1 Å². The molecular weight excluding hydrogens is 248 g/mol. The van der Waals surface area contributed by atoms with E-state index >= 15 is 0 Å². The Labute approximate surface area is 112 Å². The summed E-state index contributed by atoms with van der Waals surface area (Å²) in [7, 11) is 3.39. The molecule has 0 spiro atoms. The van der Waals surface area contributed by atoms with Crippen LogP contribution in [-0.4, -0.2) is 38.1 Å². The van der Waals surface area contributed by atoms with Gasteiger partial charge in [0.15, 0.2) is 0 Å². The average Bonchev–Trinajstić information content (AvgIpc) is 2.80. The van der Waals surface area contributed by atoms with Crippen LogP contribution < -0.4 is 5.73 Å². The summed E-state index contributed by atoms with van der Waals surface area (Å²) in [5.41, 5.74) is 6.27. The number of ether oxygens (including phenoxy) is 1. The van der Waals surface area contributed by atoms with Crippen LogP contribution >= 0.6 is 11.3 Å². The van der Waals surface area contributed by atoms with Crippen molar-refractivity contribution in [3.8, 4) is 11.8 Å². The number of nitrogens with zero attached hydrogens (tertiary/aromatic N) is 1. The minimum atomic E-state index is 0.0832. The number of hydrogen-bond acceptors (Lipinski definition) is 4. The number of thiophene rings is 1. The van der Waals surface area contributed by atoms with Gasteiger partial charge in [0.2, 0.25) is 5.91 Å². The molecule has 1 amide bonds. The van der Waals surface area contributed by atoms with Crippen LogP contribution in [0.5, 0.6) is 0 Å². The third kappa shape index (κ3) is 4.88. The van der Waals surface area contributed by atoms with Crippen molar-refractivity contribution < 1.29 is 9.53 Å². The van der Waals surface area contributed by atoms with Gasteiger partial charge < -0.3 is 15.4 Å². The van der Waals surface area contributed by atoms with Crippen LogP contribution in [0, 0.1) is 11.8 Å². The summed E-state index contributed by atoms with van der Waals surface area (Å²) in [6.07, 6.45) is 0.415. The summed E-state index contributed by atoms with van der Waals surface area (Å²) in [6, 6.07) is 1.99. The molecule has 0 radical (unpaired) electrons. The van der Waals surface area contributed by atoms with Crippen molar-refractivity contribution in [3.63, 3.8) is 0 Å². The molecule has 5 heteroatoms. The molecule has 0 bridgehead atoms. The molecule has 18 heavy (non-hydrogen) atoms. The summed E-state index contributed by atoms with van der Waals surface area (Å²) in [5.74, 6) is 5.87. The molecule has 0 saturated carbocycles. The molecule has 1 aromatic rings. The Morgan fingerprint density at radius 3 is 3.06 bits per heavy atom. The standard InChI is InChI=1S/C13H18N2O2S/c1-15(13(16)5-7-17-2)9-12-8-11(10-18-12)4-3-6-14/h8,10H,5-7,9,14H2,1-2H3. The molecule has 1 heterocycles. The molecule has 0 aliphatic heterocycles. The lowest BCUT2D eigenvalue weighted by Gasteiger charge is -2.15. The number of methoxy groups -OCH3 is 1. The maximum atomic E-state index is 11.7. The third-order valence-electron chi connectivity index (χ3n) is 2.33. The first-order valence-electron chi connectivity index (χ1n) is 5.66. The summed E-state index contributed by atoms with van der Waals surface area (Å²) < 4.78 is 4.89. The lowest BCUT2D eigenvalue weighted by Crippen LogP contribution is -2.26. The highest BCUT2D eigenvalue weighted by molar-refractivity contribution is 7.10. The SMILES string of the molecule is COCCC(=O)N(C)Cc1cc(C#CCN)cs1. The van der Waals surface area contributed by atoms with Crippen LogP contribution in [0.4, 0.5) is 0 Å². The smallest absolute Gasteiger partial charge is 0.224 e. The van der Waals surface area contributed by atoms with E-state index in [1.165, 1.54) is 0 Å². The van der Waals surface area contributed by atoms with Crippen LogP contribution in [0.25, 0.3) is 0 Å². The van der Waals surface area contributed by atoms with Crippen LogP contribution in [0.1, 0.15) is 16.9 Å². The van der Waals surface area contributed by atoms with Crippen molar-refractivity contribution in [3.05, 3.63) is 21.9 Å². The van der Waals surface area contributed by atoms with Crippen LogP contribution in [0.3, 0.4) is 0 Å². The minimum Gasteiger partial charge on any atom is -0.384 e. The highest BCUT2D eigenvalue weighted by Gasteiger charge is 2.09. The number of nitrogens with two attached hydrogens (primary N) is 1. The maximum Gasteiger partial charge on any atom is 0.224 e. The number of carbonyl (C=O) groups is 1. The van der Waals surface area contributed by atoms with Crippen molar-refractivity contribution in [2.45, 2.75) is 13.0 Å². The van der Waals surface area contributed by atoms with Gasteiger partial charge in [-0.1, -0.05) is 11.8 Å². The van der Waals surface area contributed by atoms with Gasteiger partial charge in [0.1, 0.15) is 0 Å². The molecule has 0 aliphatic rings. The second kappa shape index (κ2) is 7.88. The van der Waals surface area contributed by atoms with E-state index in [9.17, 15) is 4.79 Å². The summed E-state index contributed by atoms with van der Waals surface area (Å²) in [4.78, 5) is 14.5. The van der Waals surface area contributed by atoms with Gasteiger partial charge in [-0.3, -0.25) is 4.79 Å². The van der Waals surface area contributed by atoms with Crippen molar-refractivity contribution in [2.24, 2.45) is 5.73 Å². The summed E-state index contributed by atoms with van der Waals surface area (Å²) in [6.45, 7) is 1.43. The van der Waals surface area contributed by atoms with E-state index in [0.717, 1.165) is 10.4 Å². The fourth-order valence-corrected chi connectivity index (χ4v) is 2.25. The van der Waals surface area contributed by atoms with E-state index in [1.807, 2.05) is 11.4 Å². The van der Waals surface area contributed by atoms with E-state index in [2.05, 4.69) is 11.8 Å². The monoisotopic (exact) mass is 266 g/mol. The van der Waals surface area contributed by atoms with E-state index in [0.29, 0.717) is 26.1 Å². The second-order valence-electron chi connectivity index (χ2n) is 3.80. The average molecular weight is 266 g/mol. The van der Waals surface area contributed by atoms with Gasteiger partial charge in [0, 0.05) is 30.0 Å². The molecule has 0 aliphatic carbocycles. The Morgan fingerprint density at radius 2 is 2.39 bits per heavy atom. The molecule has 0 atom stereocenters. The van der Waals surface area contributed by atoms with E-state index in [4.69, 9.17) is 10.5 Å². The summed E-state index contributed by atoms with van der Waals surface area (Å²) in [5, 5.41) is 1.98. The molecule has 98 valence electrons. The van der Waals surface area contributed by atoms with Crippen LogP contribution in [0.2, 0.25) is 0 Å². The topological polar surface area (TPSA) is 55.6 Å². The van der Waals surface area contributed by atoms with Crippen LogP contribution in [-0.2, 0) is 16.1 Å². The van der Waals surface area contributed by atoms with E-state index in [1.54, 1.807) is 30.4 Å². The quantitative estimate of drug-likeness (QED) is 0.811. The number of hydrogen-bond donors (Lipinski definition) is 1. The molecule has 0 unspecified atom stereocenters. The molecule has 1 aromatic heterocycles. The predicted molar refractivity (Wildman–Crippen MR) is 73.2 cm³/mol. The molecule has 0 aromatic carbocycles. The first-order chi connectivity index (χ1) is 8.67. The molecule has 0 saturated heterocycles. The highest BCUT2D eigenvalue weighted by atomic mass is 32.1. The Morgan fingerprint density at radius 1 is 1.61 bits per heavy atom. The Balaban J connectivity index is 2.51. The maximum absolute atomic E-state index is 11.7. The lowest BCUT2D eigenvalue weighted by molar-refractivity contribution is -0.131. The molecule has 2 N–H and O–H groups in total. The Hall–Kier alpha value is -1.35. The number of rotatable bonds is 5. The minimum absolute atomic E-state index is 0.0832. The Bertz CT molecular complexity index is 445. The van der Waals surface area contributed by atoms with Gasteiger partial charge in [-0.15, -0.1) is 11.3 Å². The largest absolute Gasteiger partial charge is 0.384 e. The first kappa shape index (κ1) is 14.7. The predicted octanol–water partition coefficient (Wildman–Crippen LogP) is 1.05. The van der Waals surface area contributed by atoms with Gasteiger partial charge in [0.25, 0.3) is 0 Å². The third-order valence-corrected chi connectivity index (χ3v) is 3.25. The van der Waals surface area contributed by atoms with Gasteiger partial charge in [-0.25, -0.2) is 0 Å². The molecular formula is C13H18N2O2S. The Kier molecular flexibility index (Phi) is 6.44. The zero-order valence-electron chi connectivity index (χ0n) is 10.7. The zero-order chi connectivity index (χ0) is 13.4. The normalized spacial score (nSPS) is 9.72. The van der Waals surface area contributed by atoms with Gasteiger partial charge in [-0.05, 0) is 6.07 Å². The van der Waals surface area contributed by atoms with Gasteiger partial charge >= 0.3 is 0 Å². The lowest BCUT2D eigenvalue weighted by atomic mass is 10.3.